The molecular weight excluding hydrogens is 333 g/mol. The van der Waals surface area contributed by atoms with E-state index in [2.05, 4.69) is 24.1 Å². The fourth-order valence-electron chi connectivity index (χ4n) is 3.65. The van der Waals surface area contributed by atoms with Crippen LogP contribution in [-0.4, -0.2) is 59.3 Å². The normalized spacial score (nSPS) is 18.1. The number of amides is 2. The lowest BCUT2D eigenvalue weighted by molar-refractivity contribution is 0.105. The third kappa shape index (κ3) is 6.25. The van der Waals surface area contributed by atoms with Gasteiger partial charge in [0.25, 0.3) is 0 Å². The lowest BCUT2D eigenvalue weighted by Gasteiger charge is -2.38. The number of hydrogen-bond acceptors (Lipinski definition) is 3. The van der Waals surface area contributed by atoms with E-state index in [1.165, 1.54) is 31.4 Å². The first kappa shape index (κ1) is 20.6. The zero-order valence-electron chi connectivity index (χ0n) is 16.0. The van der Waals surface area contributed by atoms with E-state index in [-0.39, 0.29) is 25.0 Å². The molecule has 1 heterocycles. The van der Waals surface area contributed by atoms with Gasteiger partial charge in [0.05, 0.1) is 6.61 Å². The van der Waals surface area contributed by atoms with Crippen molar-refractivity contribution >= 4 is 6.03 Å². The summed E-state index contributed by atoms with van der Waals surface area (Å²) in [6, 6.07) is 6.95. The predicted molar refractivity (Wildman–Crippen MR) is 101 cm³/mol. The monoisotopic (exact) mass is 365 g/mol. The molecule has 26 heavy (non-hydrogen) atoms. The summed E-state index contributed by atoms with van der Waals surface area (Å²) in [4.78, 5) is 16.6. The van der Waals surface area contributed by atoms with E-state index in [0.29, 0.717) is 25.2 Å². The van der Waals surface area contributed by atoms with Crippen LogP contribution in [0.1, 0.15) is 45.1 Å². The zero-order chi connectivity index (χ0) is 18.9. The highest BCUT2D eigenvalue weighted by atomic mass is 19.1. The quantitative estimate of drug-likeness (QED) is 0.745. The van der Waals surface area contributed by atoms with Gasteiger partial charge >= 0.3 is 6.03 Å². The summed E-state index contributed by atoms with van der Waals surface area (Å²) in [6.45, 7) is 6.72. The fourth-order valence-corrected chi connectivity index (χ4v) is 3.65. The Bertz CT molecular complexity index is 550. The van der Waals surface area contributed by atoms with E-state index in [4.69, 9.17) is 0 Å². The first-order valence-electron chi connectivity index (χ1n) is 9.65. The number of urea groups is 1. The van der Waals surface area contributed by atoms with Gasteiger partial charge in [0.2, 0.25) is 0 Å². The third-order valence-corrected chi connectivity index (χ3v) is 5.03. The van der Waals surface area contributed by atoms with Crippen LogP contribution in [0.25, 0.3) is 0 Å². The van der Waals surface area contributed by atoms with Crippen LogP contribution in [0.2, 0.25) is 0 Å². The average molecular weight is 365 g/mol. The Morgan fingerprint density at radius 3 is 2.73 bits per heavy atom. The molecule has 0 unspecified atom stereocenters. The number of nitrogens with zero attached hydrogens (tertiary/aromatic N) is 2. The summed E-state index contributed by atoms with van der Waals surface area (Å²) in [5.41, 5.74) is 0.841. The van der Waals surface area contributed by atoms with Crippen molar-refractivity contribution in [2.24, 2.45) is 0 Å². The van der Waals surface area contributed by atoms with E-state index in [0.717, 1.165) is 18.5 Å². The Morgan fingerprint density at radius 1 is 1.35 bits per heavy atom. The van der Waals surface area contributed by atoms with Gasteiger partial charge in [-0.3, -0.25) is 4.90 Å². The minimum absolute atomic E-state index is 0.0988. The van der Waals surface area contributed by atoms with E-state index in [1.807, 2.05) is 0 Å². The molecule has 0 radical (unpaired) electrons. The van der Waals surface area contributed by atoms with Crippen molar-refractivity contribution < 1.29 is 14.3 Å². The van der Waals surface area contributed by atoms with Gasteiger partial charge in [-0.2, -0.15) is 0 Å². The highest BCUT2D eigenvalue weighted by molar-refractivity contribution is 5.74. The highest BCUT2D eigenvalue weighted by Crippen LogP contribution is 2.21. The molecule has 1 aromatic rings. The van der Waals surface area contributed by atoms with Crippen molar-refractivity contribution in [3.8, 4) is 0 Å². The molecule has 0 spiro atoms. The number of nitrogens with one attached hydrogen (secondary N) is 1. The standard InChI is InChI=1S/C20H32FN3O2/c1-16(2)24-12-4-3-5-19(24)10-11-22-20(26)23(13-14-25)15-17-6-8-18(21)9-7-17/h6-9,16,19,25H,3-5,10-15H2,1-2H3,(H,22,26)/t19-/m1/s1. The number of likely N-dealkylation sites (tertiary alicyclic amines) is 1. The molecule has 146 valence electrons. The Hall–Kier alpha value is -1.66. The van der Waals surface area contributed by atoms with Crippen LogP contribution in [0.5, 0.6) is 0 Å². The van der Waals surface area contributed by atoms with E-state index in [9.17, 15) is 14.3 Å². The molecule has 2 N–H and O–H groups in total. The molecule has 0 aromatic heterocycles. The number of aliphatic hydroxyl groups is 1. The highest BCUT2D eigenvalue weighted by Gasteiger charge is 2.24. The molecular formula is C20H32FN3O2. The van der Waals surface area contributed by atoms with Crippen LogP contribution in [0.4, 0.5) is 9.18 Å². The lowest BCUT2D eigenvalue weighted by atomic mass is 9.98. The molecule has 6 heteroatoms. The second kappa shape index (κ2) is 10.5. The molecule has 1 aliphatic heterocycles. The van der Waals surface area contributed by atoms with Crippen molar-refractivity contribution in [2.75, 3.05) is 26.2 Å². The summed E-state index contributed by atoms with van der Waals surface area (Å²) in [5, 5.41) is 12.2. The van der Waals surface area contributed by atoms with Crippen LogP contribution in [0, 0.1) is 5.82 Å². The molecule has 0 saturated carbocycles. The number of carbonyl (C=O) groups is 1. The number of carbonyl (C=O) groups excluding carboxylic acids is 1. The van der Waals surface area contributed by atoms with Crippen molar-refractivity contribution in [1.82, 2.24) is 15.1 Å². The summed E-state index contributed by atoms with van der Waals surface area (Å²) < 4.78 is 13.0. The van der Waals surface area contributed by atoms with E-state index in [1.54, 1.807) is 17.0 Å². The largest absolute Gasteiger partial charge is 0.395 e. The van der Waals surface area contributed by atoms with Crippen LogP contribution < -0.4 is 5.32 Å². The molecule has 1 atom stereocenters. The molecule has 1 saturated heterocycles. The number of aliphatic hydroxyl groups excluding tert-OH is 1. The summed E-state index contributed by atoms with van der Waals surface area (Å²) in [6.07, 6.45) is 4.63. The molecule has 5 nitrogen and oxygen atoms in total. The minimum atomic E-state index is -0.297. The maximum absolute atomic E-state index is 13.0. The van der Waals surface area contributed by atoms with Crippen molar-refractivity contribution in [2.45, 2.75) is 58.2 Å². The second-order valence-corrected chi connectivity index (χ2v) is 7.27. The second-order valence-electron chi connectivity index (χ2n) is 7.27. The van der Waals surface area contributed by atoms with Gasteiger partial charge in [0, 0.05) is 31.7 Å². The minimum Gasteiger partial charge on any atom is -0.395 e. The van der Waals surface area contributed by atoms with Gasteiger partial charge in [0.1, 0.15) is 5.82 Å². The maximum Gasteiger partial charge on any atom is 0.317 e. The van der Waals surface area contributed by atoms with Crippen LogP contribution in [-0.2, 0) is 6.54 Å². The van der Waals surface area contributed by atoms with Gasteiger partial charge in [-0.25, -0.2) is 9.18 Å². The summed E-state index contributed by atoms with van der Waals surface area (Å²) in [5.74, 6) is -0.297. The number of benzene rings is 1. The third-order valence-electron chi connectivity index (χ3n) is 5.03. The zero-order valence-corrected chi connectivity index (χ0v) is 16.0. The van der Waals surface area contributed by atoms with E-state index >= 15 is 0 Å². The van der Waals surface area contributed by atoms with Crippen molar-refractivity contribution in [3.05, 3.63) is 35.6 Å². The van der Waals surface area contributed by atoms with Gasteiger partial charge in [-0.05, 0) is 57.4 Å². The van der Waals surface area contributed by atoms with Crippen molar-refractivity contribution in [3.63, 3.8) is 0 Å². The molecule has 1 aromatic carbocycles. The first-order chi connectivity index (χ1) is 12.5. The molecule has 2 rings (SSSR count). The topological polar surface area (TPSA) is 55.8 Å². The SMILES string of the molecule is CC(C)N1CCCC[C@@H]1CCNC(=O)N(CCO)Cc1ccc(F)cc1. The molecule has 1 aliphatic rings. The molecule has 0 bridgehead atoms. The predicted octanol–water partition coefficient (Wildman–Crippen LogP) is 2.98. The molecule has 1 fully saturated rings. The fraction of sp³-hybridized carbons (Fsp3) is 0.650. The Morgan fingerprint density at radius 2 is 2.08 bits per heavy atom. The summed E-state index contributed by atoms with van der Waals surface area (Å²) >= 11 is 0. The molecule has 0 aliphatic carbocycles. The number of rotatable bonds is 8. The Kier molecular flexibility index (Phi) is 8.32. The van der Waals surface area contributed by atoms with Gasteiger partial charge in [-0.1, -0.05) is 18.6 Å². The Labute approximate surface area is 156 Å². The smallest absolute Gasteiger partial charge is 0.317 e. The first-order valence-corrected chi connectivity index (χ1v) is 9.65. The lowest BCUT2D eigenvalue weighted by Crippen LogP contribution is -2.46. The number of hydrogen-bond donors (Lipinski definition) is 2. The number of piperidine rings is 1. The average Bonchev–Trinajstić information content (AvgIpc) is 2.63. The summed E-state index contributed by atoms with van der Waals surface area (Å²) in [7, 11) is 0. The van der Waals surface area contributed by atoms with Gasteiger partial charge in [-0.15, -0.1) is 0 Å². The van der Waals surface area contributed by atoms with Crippen LogP contribution in [0.15, 0.2) is 24.3 Å². The van der Waals surface area contributed by atoms with Crippen molar-refractivity contribution in [1.29, 1.82) is 0 Å². The van der Waals surface area contributed by atoms with Gasteiger partial charge < -0.3 is 15.3 Å². The van der Waals surface area contributed by atoms with Gasteiger partial charge in [0.15, 0.2) is 0 Å². The van der Waals surface area contributed by atoms with E-state index < -0.39 is 0 Å². The maximum atomic E-state index is 13.0. The Balaban J connectivity index is 1.83. The molecule has 2 amide bonds. The number of halogens is 1. The van der Waals surface area contributed by atoms with Crippen LogP contribution in [0.3, 0.4) is 0 Å². The van der Waals surface area contributed by atoms with Crippen LogP contribution >= 0.6 is 0 Å².